The topological polar surface area (TPSA) is 161 Å². The van der Waals surface area contributed by atoms with Crippen LogP contribution in [0.5, 0.6) is 0 Å². The maximum absolute atomic E-state index is 12.6. The molecule has 0 bridgehead atoms. The molecule has 332 valence electrons. The molecule has 5 atom stereocenters. The summed E-state index contributed by atoms with van der Waals surface area (Å²) in [4.78, 5) is 35.0. The quantitative estimate of drug-likeness (QED) is 0.0178. The fourth-order valence-electron chi connectivity index (χ4n) is 5.68. The average molecular weight is 837 g/mol. The first kappa shape index (κ1) is 53.4. The molecule has 1 aliphatic rings. The van der Waals surface area contributed by atoms with Crippen LogP contribution in [0.4, 0.5) is 0 Å². The van der Waals surface area contributed by atoms with Gasteiger partial charge in [-0.25, -0.2) is 4.57 Å². The van der Waals surface area contributed by atoms with Crippen LogP contribution in [-0.2, 0) is 37.4 Å². The van der Waals surface area contributed by atoms with Crippen molar-refractivity contribution in [3.8, 4) is 0 Å². The van der Waals surface area contributed by atoms with Crippen molar-refractivity contribution in [2.45, 2.75) is 180 Å². The molecule has 1 rings (SSSR count). The first-order valence-electron chi connectivity index (χ1n) is 22.0. The SMILES string of the molecule is CCCCC/C=C\C/C=C\C/C=C\CCCCCCC(=O)OC[C@H](COP(=O)(O)OC[C@@H](O)CO)OC(=O)CCC/C=C\C/C=C\CC1OC1C/C=C\CCCCC. The molecule has 1 fully saturated rings. The number of rotatable bonds is 39. The molecule has 0 saturated carbocycles. The lowest BCUT2D eigenvalue weighted by atomic mass is 10.1. The van der Waals surface area contributed by atoms with Gasteiger partial charge in [-0.15, -0.1) is 0 Å². The van der Waals surface area contributed by atoms with Crippen LogP contribution in [0, 0.1) is 0 Å². The van der Waals surface area contributed by atoms with E-state index in [2.05, 4.69) is 79.1 Å². The summed E-state index contributed by atoms with van der Waals surface area (Å²) in [6, 6.07) is 0. The summed E-state index contributed by atoms with van der Waals surface area (Å²) in [7, 11) is -4.65. The van der Waals surface area contributed by atoms with Crippen LogP contribution in [0.3, 0.4) is 0 Å². The van der Waals surface area contributed by atoms with Crippen LogP contribution in [0.2, 0.25) is 0 Å². The predicted octanol–water partition coefficient (Wildman–Crippen LogP) is 10.7. The van der Waals surface area contributed by atoms with Gasteiger partial charge < -0.3 is 29.3 Å². The summed E-state index contributed by atoms with van der Waals surface area (Å²) in [6.45, 7) is 2.20. The third kappa shape index (κ3) is 34.3. The van der Waals surface area contributed by atoms with Gasteiger partial charge in [-0.3, -0.25) is 18.6 Å². The molecule has 1 heterocycles. The number of unbranched alkanes of at least 4 members (excludes halogenated alkanes) is 11. The van der Waals surface area contributed by atoms with Gasteiger partial charge in [0.15, 0.2) is 6.10 Å². The number of carbonyl (C=O) groups excluding carboxylic acids is 2. The van der Waals surface area contributed by atoms with Crippen molar-refractivity contribution in [3.05, 3.63) is 72.9 Å². The summed E-state index contributed by atoms with van der Waals surface area (Å²) in [6.07, 6.45) is 44.7. The highest BCUT2D eigenvalue weighted by Crippen LogP contribution is 2.43. The van der Waals surface area contributed by atoms with Gasteiger partial charge in [0.1, 0.15) is 12.7 Å². The Kier molecular flexibility index (Phi) is 34.4. The van der Waals surface area contributed by atoms with Gasteiger partial charge in [-0.1, -0.05) is 125 Å². The van der Waals surface area contributed by atoms with E-state index >= 15 is 0 Å². The van der Waals surface area contributed by atoms with Crippen molar-refractivity contribution < 1.29 is 52.5 Å². The zero-order valence-corrected chi connectivity index (χ0v) is 36.6. The number of phosphoric ester groups is 1. The zero-order chi connectivity index (χ0) is 42.4. The summed E-state index contributed by atoms with van der Waals surface area (Å²) >= 11 is 0. The number of hydrogen-bond acceptors (Lipinski definition) is 10. The third-order valence-corrected chi connectivity index (χ3v) is 10.2. The molecule has 0 aromatic rings. The van der Waals surface area contributed by atoms with Gasteiger partial charge >= 0.3 is 19.8 Å². The Bertz CT molecular complexity index is 1260. The highest BCUT2D eigenvalue weighted by molar-refractivity contribution is 7.47. The summed E-state index contributed by atoms with van der Waals surface area (Å²) < 4.78 is 38.4. The van der Waals surface area contributed by atoms with Gasteiger partial charge in [0, 0.05) is 12.8 Å². The summed E-state index contributed by atoms with van der Waals surface area (Å²) in [5.41, 5.74) is 0. The van der Waals surface area contributed by atoms with E-state index in [0.717, 1.165) is 70.6 Å². The predicted molar refractivity (Wildman–Crippen MR) is 232 cm³/mol. The molecule has 0 radical (unpaired) electrons. The molecule has 11 nitrogen and oxygen atoms in total. The number of esters is 2. The molecule has 0 aliphatic carbocycles. The van der Waals surface area contributed by atoms with Crippen LogP contribution in [0.25, 0.3) is 0 Å². The standard InChI is InChI=1S/C46H77O11P/c1-3-5-7-9-11-12-13-14-15-16-17-18-19-20-23-27-31-35-45(49)53-39-42(40-55-58(51,52)54-38-41(48)37-47)56-46(50)36-32-28-24-21-22-26-30-34-44-43(57-44)33-29-25-10-8-6-4-2/h11-12,14-15,17-18,21,24-26,29-30,41-44,47-48H,3-10,13,16,19-20,22-23,27-28,31-40H2,1-2H3,(H,51,52)/b12-11-,15-14-,18-17-,24-21-,29-25-,30-26-/t41-,42+,43?,44?/m0/s1. The molecule has 58 heavy (non-hydrogen) atoms. The Hall–Kier alpha value is -2.63. The van der Waals surface area contributed by atoms with Crippen molar-refractivity contribution in [3.63, 3.8) is 0 Å². The largest absolute Gasteiger partial charge is 0.472 e. The van der Waals surface area contributed by atoms with Gasteiger partial charge in [0.05, 0.1) is 32.0 Å². The van der Waals surface area contributed by atoms with Gasteiger partial charge in [-0.2, -0.15) is 0 Å². The normalized spacial score (nSPS) is 18.0. The first-order valence-corrected chi connectivity index (χ1v) is 23.5. The lowest BCUT2D eigenvalue weighted by Gasteiger charge is -2.20. The minimum Gasteiger partial charge on any atom is -0.462 e. The highest BCUT2D eigenvalue weighted by atomic mass is 31.2. The summed E-state index contributed by atoms with van der Waals surface area (Å²) in [5.74, 6) is -1.03. The number of ether oxygens (including phenoxy) is 3. The second-order valence-corrected chi connectivity index (χ2v) is 16.2. The van der Waals surface area contributed by atoms with Crippen LogP contribution >= 0.6 is 7.82 Å². The monoisotopic (exact) mass is 837 g/mol. The molecule has 0 aromatic heterocycles. The number of epoxide rings is 1. The van der Waals surface area contributed by atoms with Gasteiger partial charge in [0.25, 0.3) is 0 Å². The van der Waals surface area contributed by atoms with E-state index in [0.29, 0.717) is 31.5 Å². The maximum atomic E-state index is 12.6. The lowest BCUT2D eigenvalue weighted by Crippen LogP contribution is -2.29. The van der Waals surface area contributed by atoms with Crippen molar-refractivity contribution >= 4 is 19.8 Å². The molecular formula is C46H77O11P. The molecular weight excluding hydrogens is 759 g/mol. The van der Waals surface area contributed by atoms with E-state index in [1.165, 1.54) is 38.5 Å². The smallest absolute Gasteiger partial charge is 0.462 e. The Labute approximate surface area is 350 Å². The number of hydrogen-bond donors (Lipinski definition) is 3. The summed E-state index contributed by atoms with van der Waals surface area (Å²) in [5, 5.41) is 18.3. The Morgan fingerprint density at radius 1 is 0.603 bits per heavy atom. The van der Waals surface area contributed by atoms with Crippen molar-refractivity contribution in [1.29, 1.82) is 0 Å². The molecule has 0 spiro atoms. The Balaban J connectivity index is 2.32. The van der Waals surface area contributed by atoms with Crippen molar-refractivity contribution in [1.82, 2.24) is 0 Å². The number of allylic oxidation sites excluding steroid dienone is 10. The first-order chi connectivity index (χ1) is 28.2. The van der Waals surface area contributed by atoms with Gasteiger partial charge in [-0.05, 0) is 89.9 Å². The van der Waals surface area contributed by atoms with E-state index in [1.54, 1.807) is 0 Å². The minimum atomic E-state index is -4.65. The number of aliphatic hydroxyl groups is 2. The lowest BCUT2D eigenvalue weighted by molar-refractivity contribution is -0.161. The van der Waals surface area contributed by atoms with Crippen LogP contribution < -0.4 is 0 Å². The second kappa shape index (κ2) is 37.4. The van der Waals surface area contributed by atoms with E-state index in [9.17, 15) is 24.2 Å². The fraction of sp³-hybridized carbons (Fsp3) is 0.696. The van der Waals surface area contributed by atoms with Crippen molar-refractivity contribution in [2.24, 2.45) is 0 Å². The third-order valence-electron chi connectivity index (χ3n) is 9.24. The molecule has 12 heteroatoms. The Morgan fingerprint density at radius 3 is 1.66 bits per heavy atom. The minimum absolute atomic E-state index is 0.0940. The average Bonchev–Trinajstić information content (AvgIpc) is 3.97. The molecule has 1 saturated heterocycles. The van der Waals surface area contributed by atoms with Crippen LogP contribution in [0.1, 0.15) is 155 Å². The molecule has 1 aliphatic heterocycles. The van der Waals surface area contributed by atoms with Crippen LogP contribution in [0.15, 0.2) is 72.9 Å². The van der Waals surface area contributed by atoms with E-state index in [-0.39, 0.29) is 19.4 Å². The maximum Gasteiger partial charge on any atom is 0.472 e. The molecule has 0 amide bonds. The van der Waals surface area contributed by atoms with E-state index in [4.69, 9.17) is 23.8 Å². The molecule has 3 N–H and O–H groups in total. The molecule has 0 aromatic carbocycles. The second-order valence-electron chi connectivity index (χ2n) is 14.7. The van der Waals surface area contributed by atoms with E-state index in [1.807, 2.05) is 12.2 Å². The number of phosphoric acid groups is 1. The van der Waals surface area contributed by atoms with Gasteiger partial charge in [0.2, 0.25) is 0 Å². The van der Waals surface area contributed by atoms with E-state index < -0.39 is 51.8 Å². The van der Waals surface area contributed by atoms with Crippen molar-refractivity contribution in [2.75, 3.05) is 26.4 Å². The van der Waals surface area contributed by atoms with Crippen LogP contribution in [-0.4, -0.2) is 77.9 Å². The fourth-order valence-corrected chi connectivity index (χ4v) is 6.47. The number of carbonyl (C=O) groups is 2. The molecule has 3 unspecified atom stereocenters. The zero-order valence-electron chi connectivity index (χ0n) is 35.7. The Morgan fingerprint density at radius 2 is 1.07 bits per heavy atom. The number of aliphatic hydroxyl groups excluding tert-OH is 2. The highest BCUT2D eigenvalue weighted by Gasteiger charge is 2.36.